The highest BCUT2D eigenvalue weighted by atomic mass is 14.9. The summed E-state index contributed by atoms with van der Waals surface area (Å²) in [5.74, 6) is 0. The van der Waals surface area contributed by atoms with Gasteiger partial charge in [-0.05, 0) is 56.3 Å². The maximum Gasteiger partial charge on any atom is 0.0108 e. The molecular formula is C20H27N. The van der Waals surface area contributed by atoms with Gasteiger partial charge < -0.3 is 5.32 Å². The zero-order valence-corrected chi connectivity index (χ0v) is 13.5. The van der Waals surface area contributed by atoms with E-state index >= 15 is 0 Å². The predicted molar refractivity (Wildman–Crippen MR) is 91.9 cm³/mol. The van der Waals surface area contributed by atoms with Crippen LogP contribution in [-0.2, 0) is 19.3 Å². The molecule has 1 heteroatoms. The molecule has 2 aromatic carbocycles. The summed E-state index contributed by atoms with van der Waals surface area (Å²) in [6.45, 7) is 4.36. The van der Waals surface area contributed by atoms with Crippen molar-refractivity contribution in [2.45, 2.75) is 45.6 Å². The van der Waals surface area contributed by atoms with Crippen LogP contribution >= 0.6 is 0 Å². The molecule has 2 rings (SSSR count). The van der Waals surface area contributed by atoms with E-state index < -0.39 is 0 Å². The second kappa shape index (κ2) is 7.99. The van der Waals surface area contributed by atoms with Gasteiger partial charge in [-0.1, -0.05) is 61.0 Å². The molecule has 0 saturated carbocycles. The molecule has 0 saturated heterocycles. The Balaban J connectivity index is 1.90. The van der Waals surface area contributed by atoms with Gasteiger partial charge in [0.1, 0.15) is 0 Å². The van der Waals surface area contributed by atoms with Gasteiger partial charge >= 0.3 is 0 Å². The molecule has 1 atom stereocenters. The molecule has 2 aromatic rings. The number of rotatable bonds is 7. The van der Waals surface area contributed by atoms with Crippen molar-refractivity contribution < 1.29 is 0 Å². The van der Waals surface area contributed by atoms with E-state index in [2.05, 4.69) is 74.7 Å². The Kier molecular flexibility index (Phi) is 6.01. The Bertz CT molecular complexity index is 542. The molecule has 21 heavy (non-hydrogen) atoms. The van der Waals surface area contributed by atoms with E-state index in [1.54, 1.807) is 0 Å². The number of hydrogen-bond donors (Lipinski definition) is 1. The maximum absolute atomic E-state index is 3.46. The van der Waals surface area contributed by atoms with Crippen molar-refractivity contribution >= 4 is 0 Å². The first-order valence-corrected chi connectivity index (χ1v) is 8.02. The number of nitrogens with one attached hydrogen (secondary N) is 1. The first-order chi connectivity index (χ1) is 10.2. The van der Waals surface area contributed by atoms with Crippen molar-refractivity contribution in [1.29, 1.82) is 0 Å². The summed E-state index contributed by atoms with van der Waals surface area (Å²) in [5, 5.41) is 3.46. The number of aryl methyl sites for hydroxylation is 3. The van der Waals surface area contributed by atoms with Crippen LogP contribution in [0.5, 0.6) is 0 Å². The van der Waals surface area contributed by atoms with E-state index in [4.69, 9.17) is 0 Å². The van der Waals surface area contributed by atoms with E-state index in [9.17, 15) is 0 Å². The van der Waals surface area contributed by atoms with Crippen molar-refractivity contribution in [2.75, 3.05) is 7.05 Å². The van der Waals surface area contributed by atoms with E-state index in [0.717, 1.165) is 19.3 Å². The molecule has 1 N–H and O–H groups in total. The summed E-state index contributed by atoms with van der Waals surface area (Å²) >= 11 is 0. The lowest BCUT2D eigenvalue weighted by atomic mass is 9.97. The molecule has 1 unspecified atom stereocenters. The SMILES string of the molecule is CCc1ccc(CC(CCc2cccc(C)c2)NC)cc1. The highest BCUT2D eigenvalue weighted by Gasteiger charge is 2.08. The van der Waals surface area contributed by atoms with Gasteiger partial charge in [0.2, 0.25) is 0 Å². The molecule has 0 bridgehead atoms. The minimum absolute atomic E-state index is 0.540. The second-order valence-corrected chi connectivity index (χ2v) is 5.89. The van der Waals surface area contributed by atoms with Crippen molar-refractivity contribution in [2.24, 2.45) is 0 Å². The summed E-state index contributed by atoms with van der Waals surface area (Å²) in [6, 6.07) is 18.4. The Morgan fingerprint density at radius 3 is 2.29 bits per heavy atom. The summed E-state index contributed by atoms with van der Waals surface area (Å²) < 4.78 is 0. The van der Waals surface area contributed by atoms with E-state index in [0.29, 0.717) is 6.04 Å². The highest BCUT2D eigenvalue weighted by molar-refractivity contribution is 5.24. The fourth-order valence-electron chi connectivity index (χ4n) is 2.75. The van der Waals surface area contributed by atoms with Gasteiger partial charge in [-0.3, -0.25) is 0 Å². The van der Waals surface area contributed by atoms with Gasteiger partial charge in [-0.25, -0.2) is 0 Å². The van der Waals surface area contributed by atoms with Crippen LogP contribution < -0.4 is 5.32 Å². The fraction of sp³-hybridized carbons (Fsp3) is 0.400. The Hall–Kier alpha value is -1.60. The van der Waals surface area contributed by atoms with Gasteiger partial charge in [0.15, 0.2) is 0 Å². The average Bonchev–Trinajstić information content (AvgIpc) is 2.52. The molecule has 0 aliphatic carbocycles. The number of hydrogen-bond acceptors (Lipinski definition) is 1. The number of benzene rings is 2. The lowest BCUT2D eigenvalue weighted by molar-refractivity contribution is 0.520. The van der Waals surface area contributed by atoms with Crippen molar-refractivity contribution in [3.63, 3.8) is 0 Å². The third kappa shape index (κ3) is 5.02. The van der Waals surface area contributed by atoms with E-state index in [-0.39, 0.29) is 0 Å². The monoisotopic (exact) mass is 281 g/mol. The average molecular weight is 281 g/mol. The lowest BCUT2D eigenvalue weighted by Gasteiger charge is -2.16. The van der Waals surface area contributed by atoms with Crippen LogP contribution in [0.15, 0.2) is 48.5 Å². The van der Waals surface area contributed by atoms with Gasteiger partial charge in [0, 0.05) is 6.04 Å². The molecule has 0 amide bonds. The fourth-order valence-corrected chi connectivity index (χ4v) is 2.75. The molecule has 0 aliphatic rings. The summed E-state index contributed by atoms with van der Waals surface area (Å²) in [6.07, 6.45) is 4.53. The van der Waals surface area contributed by atoms with Crippen molar-refractivity contribution in [1.82, 2.24) is 5.32 Å². The molecule has 0 spiro atoms. The van der Waals surface area contributed by atoms with Crippen LogP contribution in [0.2, 0.25) is 0 Å². The minimum atomic E-state index is 0.540. The van der Waals surface area contributed by atoms with Gasteiger partial charge in [0.25, 0.3) is 0 Å². The molecule has 0 radical (unpaired) electrons. The highest BCUT2D eigenvalue weighted by Crippen LogP contribution is 2.12. The molecular weight excluding hydrogens is 254 g/mol. The zero-order chi connectivity index (χ0) is 15.1. The first kappa shape index (κ1) is 15.8. The van der Waals surface area contributed by atoms with Crippen LogP contribution in [0.25, 0.3) is 0 Å². The summed E-state index contributed by atoms with van der Waals surface area (Å²) in [7, 11) is 2.07. The van der Waals surface area contributed by atoms with E-state index in [1.165, 1.54) is 28.7 Å². The lowest BCUT2D eigenvalue weighted by Crippen LogP contribution is -2.28. The smallest absolute Gasteiger partial charge is 0.0108 e. The van der Waals surface area contributed by atoms with Crippen LogP contribution in [0.3, 0.4) is 0 Å². The van der Waals surface area contributed by atoms with Gasteiger partial charge in [-0.2, -0.15) is 0 Å². The van der Waals surface area contributed by atoms with Gasteiger partial charge in [0.05, 0.1) is 0 Å². The van der Waals surface area contributed by atoms with Crippen LogP contribution in [0.1, 0.15) is 35.6 Å². The predicted octanol–water partition coefficient (Wildman–Crippen LogP) is 4.32. The third-order valence-corrected chi connectivity index (χ3v) is 4.19. The third-order valence-electron chi connectivity index (χ3n) is 4.19. The normalized spacial score (nSPS) is 12.3. The molecule has 0 aliphatic heterocycles. The molecule has 0 aromatic heterocycles. The molecule has 0 fully saturated rings. The maximum atomic E-state index is 3.46. The second-order valence-electron chi connectivity index (χ2n) is 5.89. The topological polar surface area (TPSA) is 12.0 Å². The summed E-state index contributed by atoms with van der Waals surface area (Å²) in [4.78, 5) is 0. The molecule has 1 nitrogen and oxygen atoms in total. The molecule has 0 heterocycles. The van der Waals surface area contributed by atoms with Crippen LogP contribution in [0, 0.1) is 6.92 Å². The summed E-state index contributed by atoms with van der Waals surface area (Å²) in [5.41, 5.74) is 5.63. The van der Waals surface area contributed by atoms with Crippen molar-refractivity contribution in [3.05, 3.63) is 70.8 Å². The standard InChI is InChI=1S/C20H27N/c1-4-17-8-10-19(11-9-17)15-20(21-3)13-12-18-7-5-6-16(2)14-18/h5-11,14,20-21H,4,12-13,15H2,1-3H3. The first-order valence-electron chi connectivity index (χ1n) is 8.02. The minimum Gasteiger partial charge on any atom is -0.317 e. The Morgan fingerprint density at radius 2 is 1.67 bits per heavy atom. The van der Waals surface area contributed by atoms with Crippen molar-refractivity contribution in [3.8, 4) is 0 Å². The van der Waals surface area contributed by atoms with E-state index in [1.807, 2.05) is 0 Å². The number of likely N-dealkylation sites (N-methyl/N-ethyl adjacent to an activating group) is 1. The molecule has 112 valence electrons. The Labute approximate surface area is 129 Å². The zero-order valence-electron chi connectivity index (χ0n) is 13.5. The quantitative estimate of drug-likeness (QED) is 0.797. The van der Waals surface area contributed by atoms with Crippen LogP contribution in [-0.4, -0.2) is 13.1 Å². The van der Waals surface area contributed by atoms with Crippen LogP contribution in [0.4, 0.5) is 0 Å². The Morgan fingerprint density at radius 1 is 0.952 bits per heavy atom. The largest absolute Gasteiger partial charge is 0.317 e. The van der Waals surface area contributed by atoms with Gasteiger partial charge in [-0.15, -0.1) is 0 Å².